The largest absolute Gasteiger partial charge is 0.350 e. The van der Waals surface area contributed by atoms with Crippen LogP contribution in [0.1, 0.15) is 46.0 Å². The maximum atomic E-state index is 12.5. The highest BCUT2D eigenvalue weighted by molar-refractivity contribution is 5.87. The number of carbonyl (C=O) groups excluding carboxylic acids is 2. The Hall–Kier alpha value is -0.810. The Morgan fingerprint density at radius 3 is 2.43 bits per heavy atom. The van der Waals surface area contributed by atoms with Crippen LogP contribution in [0.5, 0.6) is 0 Å². The van der Waals surface area contributed by atoms with E-state index in [0.29, 0.717) is 11.8 Å². The van der Waals surface area contributed by atoms with Gasteiger partial charge in [-0.15, -0.1) is 12.4 Å². The average molecular weight is 318 g/mol. The van der Waals surface area contributed by atoms with Crippen molar-refractivity contribution in [2.75, 3.05) is 13.1 Å². The molecule has 1 saturated carbocycles. The summed E-state index contributed by atoms with van der Waals surface area (Å²) in [7, 11) is 0. The fourth-order valence-electron chi connectivity index (χ4n) is 3.36. The molecule has 5 nitrogen and oxygen atoms in total. The van der Waals surface area contributed by atoms with Crippen molar-refractivity contribution in [3.8, 4) is 0 Å². The molecule has 0 aromatic carbocycles. The quantitative estimate of drug-likeness (QED) is 0.730. The summed E-state index contributed by atoms with van der Waals surface area (Å²) in [6, 6.07) is -0.182. The van der Waals surface area contributed by atoms with Gasteiger partial charge in [0, 0.05) is 19.5 Å². The van der Waals surface area contributed by atoms with Crippen molar-refractivity contribution >= 4 is 24.2 Å². The molecule has 3 atom stereocenters. The van der Waals surface area contributed by atoms with Crippen LogP contribution in [0.15, 0.2) is 0 Å². The maximum Gasteiger partial charge on any atom is 0.243 e. The molecule has 6 heteroatoms. The van der Waals surface area contributed by atoms with Crippen molar-refractivity contribution in [3.63, 3.8) is 0 Å². The van der Waals surface area contributed by atoms with Gasteiger partial charge in [-0.3, -0.25) is 9.59 Å². The van der Waals surface area contributed by atoms with E-state index in [1.54, 1.807) is 0 Å². The Kier molecular flexibility index (Phi) is 7.46. The molecule has 3 unspecified atom stereocenters. The number of carbonyl (C=O) groups is 2. The molecule has 21 heavy (non-hydrogen) atoms. The summed E-state index contributed by atoms with van der Waals surface area (Å²) in [5.41, 5.74) is 0. The molecule has 2 amide bonds. The lowest BCUT2D eigenvalue weighted by Gasteiger charge is -2.32. The number of nitrogens with one attached hydrogen (secondary N) is 3. The Morgan fingerprint density at radius 2 is 1.86 bits per heavy atom. The van der Waals surface area contributed by atoms with Gasteiger partial charge in [0.2, 0.25) is 11.8 Å². The normalized spacial score (nSPS) is 27.5. The number of amides is 2. The van der Waals surface area contributed by atoms with E-state index in [1.807, 2.05) is 0 Å². The van der Waals surface area contributed by atoms with Gasteiger partial charge in [-0.05, 0) is 37.6 Å². The third kappa shape index (κ3) is 5.15. The topological polar surface area (TPSA) is 70.2 Å². The van der Waals surface area contributed by atoms with Crippen LogP contribution in [0.3, 0.4) is 0 Å². The van der Waals surface area contributed by atoms with Crippen molar-refractivity contribution in [1.82, 2.24) is 16.0 Å². The number of hydrogen-bond donors (Lipinski definition) is 3. The SMILES string of the molecule is CC(=O)NC(C(=O)NC1CNCCC1C)C1CCCC1.Cl. The zero-order chi connectivity index (χ0) is 14.5. The van der Waals surface area contributed by atoms with Gasteiger partial charge in [-0.2, -0.15) is 0 Å². The standard InChI is InChI=1S/C15H27N3O2.ClH/c1-10-7-8-16-9-13(10)18-15(20)14(17-11(2)19)12-5-3-4-6-12;/h10,12-14,16H,3-9H2,1-2H3,(H,17,19)(H,18,20);1H. The smallest absolute Gasteiger partial charge is 0.243 e. The summed E-state index contributed by atoms with van der Waals surface area (Å²) in [6.45, 7) is 5.50. The van der Waals surface area contributed by atoms with Crippen molar-refractivity contribution in [2.24, 2.45) is 11.8 Å². The predicted octanol–water partition coefficient (Wildman–Crippen LogP) is 1.22. The molecule has 0 aromatic rings. The zero-order valence-corrected chi connectivity index (χ0v) is 13.8. The number of hydrogen-bond acceptors (Lipinski definition) is 3. The van der Waals surface area contributed by atoms with E-state index >= 15 is 0 Å². The lowest BCUT2D eigenvalue weighted by molar-refractivity contribution is -0.130. The second-order valence-corrected chi connectivity index (χ2v) is 6.31. The van der Waals surface area contributed by atoms with E-state index in [0.717, 1.165) is 45.2 Å². The minimum Gasteiger partial charge on any atom is -0.350 e. The van der Waals surface area contributed by atoms with Gasteiger partial charge in [0.05, 0.1) is 0 Å². The first-order valence-electron chi connectivity index (χ1n) is 7.86. The summed E-state index contributed by atoms with van der Waals surface area (Å²) < 4.78 is 0. The van der Waals surface area contributed by atoms with Crippen LogP contribution in [0, 0.1) is 11.8 Å². The van der Waals surface area contributed by atoms with Crippen LogP contribution < -0.4 is 16.0 Å². The molecule has 1 aliphatic carbocycles. The summed E-state index contributed by atoms with van der Waals surface area (Å²) in [5, 5.41) is 9.31. The molecule has 3 N–H and O–H groups in total. The van der Waals surface area contributed by atoms with Gasteiger partial charge in [0.25, 0.3) is 0 Å². The monoisotopic (exact) mass is 317 g/mol. The van der Waals surface area contributed by atoms with E-state index in [9.17, 15) is 9.59 Å². The molecule has 0 aromatic heterocycles. The zero-order valence-electron chi connectivity index (χ0n) is 13.0. The van der Waals surface area contributed by atoms with Gasteiger partial charge in [0.1, 0.15) is 6.04 Å². The van der Waals surface area contributed by atoms with Crippen LogP contribution in [-0.2, 0) is 9.59 Å². The van der Waals surface area contributed by atoms with E-state index in [-0.39, 0.29) is 36.3 Å². The lowest BCUT2D eigenvalue weighted by atomic mass is 9.92. The average Bonchev–Trinajstić information content (AvgIpc) is 2.92. The highest BCUT2D eigenvalue weighted by Crippen LogP contribution is 2.28. The molecular weight excluding hydrogens is 290 g/mol. The van der Waals surface area contributed by atoms with Crippen molar-refractivity contribution in [1.29, 1.82) is 0 Å². The second kappa shape index (κ2) is 8.59. The van der Waals surface area contributed by atoms with Crippen LogP contribution in [-0.4, -0.2) is 37.0 Å². The maximum absolute atomic E-state index is 12.5. The minimum absolute atomic E-state index is 0. The Morgan fingerprint density at radius 1 is 1.19 bits per heavy atom. The first-order chi connectivity index (χ1) is 9.58. The molecule has 0 spiro atoms. The van der Waals surface area contributed by atoms with Crippen LogP contribution in [0.4, 0.5) is 0 Å². The van der Waals surface area contributed by atoms with Crippen LogP contribution in [0.25, 0.3) is 0 Å². The van der Waals surface area contributed by atoms with Gasteiger partial charge >= 0.3 is 0 Å². The number of halogens is 1. The van der Waals surface area contributed by atoms with Gasteiger partial charge in [-0.1, -0.05) is 19.8 Å². The van der Waals surface area contributed by atoms with Gasteiger partial charge in [0.15, 0.2) is 0 Å². The highest BCUT2D eigenvalue weighted by Gasteiger charge is 2.33. The van der Waals surface area contributed by atoms with Crippen molar-refractivity contribution in [3.05, 3.63) is 0 Å². The third-order valence-corrected chi connectivity index (χ3v) is 4.67. The molecule has 0 bridgehead atoms. The lowest BCUT2D eigenvalue weighted by Crippen LogP contribution is -2.57. The van der Waals surface area contributed by atoms with Crippen LogP contribution >= 0.6 is 12.4 Å². The Bertz CT molecular complexity index is 359. The Labute approximate surface area is 133 Å². The van der Waals surface area contributed by atoms with E-state index in [2.05, 4.69) is 22.9 Å². The van der Waals surface area contributed by atoms with Gasteiger partial charge < -0.3 is 16.0 Å². The predicted molar refractivity (Wildman–Crippen MR) is 85.4 cm³/mol. The van der Waals surface area contributed by atoms with Gasteiger partial charge in [-0.25, -0.2) is 0 Å². The van der Waals surface area contributed by atoms with E-state index in [1.165, 1.54) is 6.92 Å². The molecule has 122 valence electrons. The molecule has 2 aliphatic rings. The summed E-state index contributed by atoms with van der Waals surface area (Å²) in [4.78, 5) is 23.9. The second-order valence-electron chi connectivity index (χ2n) is 6.31. The Balaban J connectivity index is 0.00000220. The molecule has 2 fully saturated rings. The van der Waals surface area contributed by atoms with E-state index < -0.39 is 0 Å². The van der Waals surface area contributed by atoms with Crippen molar-refractivity contribution in [2.45, 2.75) is 58.0 Å². The first kappa shape index (κ1) is 18.2. The molecule has 0 radical (unpaired) electrons. The molecular formula is C15H28ClN3O2. The number of piperidine rings is 1. The minimum atomic E-state index is -0.357. The highest BCUT2D eigenvalue weighted by atomic mass is 35.5. The number of rotatable bonds is 4. The van der Waals surface area contributed by atoms with E-state index in [4.69, 9.17) is 0 Å². The molecule has 1 saturated heterocycles. The molecule has 1 aliphatic heterocycles. The molecule has 1 heterocycles. The van der Waals surface area contributed by atoms with Crippen LogP contribution in [0.2, 0.25) is 0 Å². The fourth-order valence-corrected chi connectivity index (χ4v) is 3.36. The third-order valence-electron chi connectivity index (χ3n) is 4.67. The molecule has 2 rings (SSSR count). The van der Waals surface area contributed by atoms with Crippen molar-refractivity contribution < 1.29 is 9.59 Å². The summed E-state index contributed by atoms with van der Waals surface area (Å²) in [5.74, 6) is 0.659. The summed E-state index contributed by atoms with van der Waals surface area (Å²) >= 11 is 0. The fraction of sp³-hybridized carbons (Fsp3) is 0.867. The summed E-state index contributed by atoms with van der Waals surface area (Å²) in [6.07, 6.45) is 5.48. The first-order valence-corrected chi connectivity index (χ1v) is 7.86.